The summed E-state index contributed by atoms with van der Waals surface area (Å²) < 4.78 is 10.8. The van der Waals surface area contributed by atoms with Crippen LogP contribution in [0.4, 0.5) is 0 Å². The van der Waals surface area contributed by atoms with Crippen LogP contribution in [0.2, 0.25) is 0 Å². The molecule has 1 N–H and O–H groups in total. The summed E-state index contributed by atoms with van der Waals surface area (Å²) in [5.74, 6) is -0.458. The molecule has 1 rings (SSSR count). The van der Waals surface area contributed by atoms with Gasteiger partial charge in [0.2, 0.25) is 0 Å². The van der Waals surface area contributed by atoms with Crippen molar-refractivity contribution < 1.29 is 19.4 Å². The van der Waals surface area contributed by atoms with Gasteiger partial charge in [-0.2, -0.15) is 0 Å². The van der Waals surface area contributed by atoms with Crippen molar-refractivity contribution in [2.24, 2.45) is 5.11 Å². The van der Waals surface area contributed by atoms with Crippen LogP contribution in [0.15, 0.2) is 16.8 Å². The van der Waals surface area contributed by atoms with Gasteiger partial charge in [0.25, 0.3) is 0 Å². The van der Waals surface area contributed by atoms with E-state index >= 15 is 0 Å². The van der Waals surface area contributed by atoms with Gasteiger partial charge in [0.15, 0.2) is 0 Å². The molecule has 118 valence electrons. The van der Waals surface area contributed by atoms with Crippen LogP contribution in [-0.4, -0.2) is 42.0 Å². The number of nitrogens with zero attached hydrogens (tertiary/aromatic N) is 3. The Balaban J connectivity index is 2.97. The highest BCUT2D eigenvalue weighted by Gasteiger charge is 2.35. The quantitative estimate of drug-likeness (QED) is 0.337. The molecule has 1 aliphatic rings. The number of carbonyl (C=O) groups is 1. The SMILES string of the molecule is CCOC(=O)C1=C[C@@H](OC(CC)CC)[C@H](O)[C@@H](N=[N+]=[N-])C1. The van der Waals surface area contributed by atoms with Crippen LogP contribution < -0.4 is 0 Å². The van der Waals surface area contributed by atoms with E-state index in [9.17, 15) is 9.90 Å². The van der Waals surface area contributed by atoms with E-state index in [0.717, 1.165) is 12.8 Å². The molecule has 0 bridgehead atoms. The molecule has 0 fully saturated rings. The molecule has 0 radical (unpaired) electrons. The zero-order chi connectivity index (χ0) is 15.8. The molecule has 1 aliphatic carbocycles. The first-order chi connectivity index (χ1) is 10.1. The highest BCUT2D eigenvalue weighted by molar-refractivity contribution is 5.89. The summed E-state index contributed by atoms with van der Waals surface area (Å²) in [6, 6.07) is -0.723. The largest absolute Gasteiger partial charge is 0.463 e. The van der Waals surface area contributed by atoms with Crippen molar-refractivity contribution >= 4 is 5.97 Å². The molecule has 7 heteroatoms. The first kappa shape index (κ1) is 17.5. The lowest BCUT2D eigenvalue weighted by Crippen LogP contribution is -2.43. The van der Waals surface area contributed by atoms with Gasteiger partial charge in [0.05, 0.1) is 24.9 Å². The van der Waals surface area contributed by atoms with Crippen molar-refractivity contribution in [3.05, 3.63) is 22.1 Å². The van der Waals surface area contributed by atoms with Crippen LogP contribution in [0.1, 0.15) is 40.0 Å². The van der Waals surface area contributed by atoms with Gasteiger partial charge < -0.3 is 14.6 Å². The van der Waals surface area contributed by atoms with Crippen LogP contribution >= 0.6 is 0 Å². The maximum absolute atomic E-state index is 11.9. The minimum Gasteiger partial charge on any atom is -0.463 e. The Hall–Kier alpha value is -1.56. The van der Waals surface area contributed by atoms with Crippen molar-refractivity contribution in [1.29, 1.82) is 0 Å². The van der Waals surface area contributed by atoms with Crippen molar-refractivity contribution in [3.63, 3.8) is 0 Å². The third-order valence-electron chi connectivity index (χ3n) is 3.52. The first-order valence-corrected chi connectivity index (χ1v) is 7.32. The average Bonchev–Trinajstić information content (AvgIpc) is 2.48. The number of ether oxygens (including phenoxy) is 2. The van der Waals surface area contributed by atoms with E-state index < -0.39 is 24.2 Å². The van der Waals surface area contributed by atoms with E-state index in [0.29, 0.717) is 5.57 Å². The predicted octanol–water partition coefficient (Wildman–Crippen LogP) is 2.49. The van der Waals surface area contributed by atoms with E-state index in [1.165, 1.54) is 0 Å². The van der Waals surface area contributed by atoms with Gasteiger partial charge in [-0.3, -0.25) is 0 Å². The summed E-state index contributed by atoms with van der Waals surface area (Å²) in [7, 11) is 0. The van der Waals surface area contributed by atoms with E-state index in [2.05, 4.69) is 10.0 Å². The number of esters is 1. The lowest BCUT2D eigenvalue weighted by Gasteiger charge is -2.32. The smallest absolute Gasteiger partial charge is 0.333 e. The van der Waals surface area contributed by atoms with Crippen molar-refractivity contribution in [1.82, 2.24) is 0 Å². The number of hydrogen-bond acceptors (Lipinski definition) is 5. The molecule has 0 unspecified atom stereocenters. The predicted molar refractivity (Wildman–Crippen MR) is 77.5 cm³/mol. The topological polar surface area (TPSA) is 105 Å². The maximum Gasteiger partial charge on any atom is 0.333 e. The summed E-state index contributed by atoms with van der Waals surface area (Å²) in [6.07, 6.45) is 1.70. The second-order valence-corrected chi connectivity index (χ2v) is 4.92. The molecule has 0 aromatic carbocycles. The molecular formula is C14H23N3O4. The standard InChI is InChI=1S/C14H23N3O4/c1-4-10(5-2)21-12-8-9(14(19)20-6-3)7-11(13(12)18)16-17-15/h8,10-13,18H,4-7H2,1-3H3/t11-,12+,13+/m0/s1. The fourth-order valence-electron chi connectivity index (χ4n) is 2.30. The van der Waals surface area contributed by atoms with Gasteiger partial charge in [0, 0.05) is 10.5 Å². The van der Waals surface area contributed by atoms with Gasteiger partial charge in [0.1, 0.15) is 6.10 Å². The molecule has 0 amide bonds. The van der Waals surface area contributed by atoms with E-state index in [-0.39, 0.29) is 19.1 Å². The van der Waals surface area contributed by atoms with Gasteiger partial charge in [-0.25, -0.2) is 4.79 Å². The molecule has 3 atom stereocenters. The Morgan fingerprint density at radius 1 is 1.52 bits per heavy atom. The van der Waals surface area contributed by atoms with Crippen LogP contribution in [0.5, 0.6) is 0 Å². The minimum absolute atomic E-state index is 0.0193. The molecule has 0 aromatic heterocycles. The summed E-state index contributed by atoms with van der Waals surface area (Å²) in [5.41, 5.74) is 8.98. The molecule has 0 aliphatic heterocycles. The fraction of sp³-hybridized carbons (Fsp3) is 0.786. The van der Waals surface area contributed by atoms with E-state index in [1.54, 1.807) is 13.0 Å². The van der Waals surface area contributed by atoms with E-state index in [4.69, 9.17) is 15.0 Å². The number of rotatable bonds is 7. The van der Waals surface area contributed by atoms with Crippen molar-refractivity contribution in [2.75, 3.05) is 6.61 Å². The number of aliphatic hydroxyl groups excluding tert-OH is 1. The zero-order valence-corrected chi connectivity index (χ0v) is 12.7. The summed E-state index contributed by atoms with van der Waals surface area (Å²) in [5, 5.41) is 13.8. The van der Waals surface area contributed by atoms with Crippen molar-refractivity contribution in [3.8, 4) is 0 Å². The second-order valence-electron chi connectivity index (χ2n) is 4.92. The number of carbonyl (C=O) groups excluding carboxylic acids is 1. The van der Waals surface area contributed by atoms with Crippen LogP contribution in [0.25, 0.3) is 10.4 Å². The zero-order valence-electron chi connectivity index (χ0n) is 12.7. The monoisotopic (exact) mass is 297 g/mol. The van der Waals surface area contributed by atoms with Crippen LogP contribution in [0.3, 0.4) is 0 Å². The highest BCUT2D eigenvalue weighted by atomic mass is 16.5. The number of azide groups is 1. The third-order valence-corrected chi connectivity index (χ3v) is 3.52. The Bertz CT molecular complexity index is 428. The molecule has 7 nitrogen and oxygen atoms in total. The molecule has 0 aromatic rings. The van der Waals surface area contributed by atoms with Gasteiger partial charge in [-0.05, 0) is 37.8 Å². The normalized spacial score (nSPS) is 25.2. The summed E-state index contributed by atoms with van der Waals surface area (Å²) in [6.45, 7) is 5.97. The van der Waals surface area contributed by atoms with E-state index in [1.807, 2.05) is 13.8 Å². The van der Waals surface area contributed by atoms with Crippen LogP contribution in [0, 0.1) is 0 Å². The maximum atomic E-state index is 11.9. The van der Waals surface area contributed by atoms with Gasteiger partial charge in [-0.1, -0.05) is 19.0 Å². The molecule has 0 heterocycles. The minimum atomic E-state index is -0.959. The Labute approximate surface area is 124 Å². The van der Waals surface area contributed by atoms with Crippen molar-refractivity contribution in [2.45, 2.75) is 64.4 Å². The first-order valence-electron chi connectivity index (χ1n) is 7.32. The molecule has 21 heavy (non-hydrogen) atoms. The Morgan fingerprint density at radius 3 is 2.71 bits per heavy atom. The summed E-state index contributed by atoms with van der Waals surface area (Å²) >= 11 is 0. The molecular weight excluding hydrogens is 274 g/mol. The Morgan fingerprint density at radius 2 is 2.19 bits per heavy atom. The average molecular weight is 297 g/mol. The molecule has 0 saturated heterocycles. The number of hydrogen-bond donors (Lipinski definition) is 1. The number of aliphatic hydroxyl groups is 1. The molecule has 0 spiro atoms. The second kappa shape index (κ2) is 8.67. The lowest BCUT2D eigenvalue weighted by atomic mass is 9.90. The molecule has 0 saturated carbocycles. The summed E-state index contributed by atoms with van der Waals surface area (Å²) in [4.78, 5) is 14.6. The van der Waals surface area contributed by atoms with Gasteiger partial charge >= 0.3 is 5.97 Å². The van der Waals surface area contributed by atoms with Crippen LogP contribution in [-0.2, 0) is 14.3 Å². The highest BCUT2D eigenvalue weighted by Crippen LogP contribution is 2.26. The van der Waals surface area contributed by atoms with Gasteiger partial charge in [-0.15, -0.1) is 0 Å². The Kier molecular flexibility index (Phi) is 7.22. The third kappa shape index (κ3) is 4.74. The fourth-order valence-corrected chi connectivity index (χ4v) is 2.30. The lowest BCUT2D eigenvalue weighted by molar-refractivity contribution is -0.139.